The largest absolute Gasteiger partial charge is 0.480 e. The third-order valence-electron chi connectivity index (χ3n) is 3.65. The van der Waals surface area contributed by atoms with Gasteiger partial charge < -0.3 is 14.6 Å². The lowest BCUT2D eigenvalue weighted by Crippen LogP contribution is -2.37. The molecule has 2 rings (SSSR count). The summed E-state index contributed by atoms with van der Waals surface area (Å²) in [5, 5.41) is 6.77. The van der Waals surface area contributed by atoms with Gasteiger partial charge in [0.15, 0.2) is 6.10 Å². The average molecular weight is 302 g/mol. The van der Waals surface area contributed by atoms with Crippen LogP contribution in [0, 0.1) is 20.8 Å². The first-order valence-corrected chi connectivity index (χ1v) is 7.44. The highest BCUT2D eigenvalue weighted by Gasteiger charge is 2.20. The minimum Gasteiger partial charge on any atom is -0.480 e. The van der Waals surface area contributed by atoms with Gasteiger partial charge in [0.1, 0.15) is 11.5 Å². The molecule has 1 aromatic heterocycles. The number of carbonyl (C=O) groups is 1. The Morgan fingerprint density at radius 3 is 2.64 bits per heavy atom. The fraction of sp³-hybridized carbons (Fsp3) is 0.412. The van der Waals surface area contributed by atoms with Crippen molar-refractivity contribution in [2.24, 2.45) is 0 Å². The number of aryl methyl sites for hydroxylation is 3. The van der Waals surface area contributed by atoms with E-state index in [1.807, 2.05) is 52.0 Å². The zero-order valence-electron chi connectivity index (χ0n) is 13.5. The SMILES string of the molecule is CC[C@@H](Oc1ccccc1C)C(=O)NCc1c(C)noc1C. The Bertz CT molecular complexity index is 630. The quantitative estimate of drug-likeness (QED) is 0.890. The molecule has 0 aliphatic heterocycles. The predicted octanol–water partition coefficient (Wildman–Crippen LogP) is 3.07. The summed E-state index contributed by atoms with van der Waals surface area (Å²) in [6.07, 6.45) is 0.0865. The Labute approximate surface area is 130 Å². The molecule has 22 heavy (non-hydrogen) atoms. The molecule has 0 aliphatic carbocycles. The molecule has 1 atom stereocenters. The lowest BCUT2D eigenvalue weighted by atomic mass is 10.2. The normalized spacial score (nSPS) is 12.0. The summed E-state index contributed by atoms with van der Waals surface area (Å²) in [6, 6.07) is 7.68. The third kappa shape index (κ3) is 3.67. The van der Waals surface area contributed by atoms with E-state index in [-0.39, 0.29) is 5.91 Å². The fourth-order valence-electron chi connectivity index (χ4n) is 2.21. The number of nitrogens with one attached hydrogen (secondary N) is 1. The van der Waals surface area contributed by atoms with E-state index in [4.69, 9.17) is 9.26 Å². The number of carbonyl (C=O) groups excluding carboxylic acids is 1. The van der Waals surface area contributed by atoms with Crippen molar-refractivity contribution in [1.82, 2.24) is 10.5 Å². The molecule has 0 saturated carbocycles. The highest BCUT2D eigenvalue weighted by molar-refractivity contribution is 5.81. The Morgan fingerprint density at radius 2 is 2.05 bits per heavy atom. The molecule has 118 valence electrons. The van der Waals surface area contributed by atoms with Crippen molar-refractivity contribution in [1.29, 1.82) is 0 Å². The van der Waals surface area contributed by atoms with Crippen molar-refractivity contribution in [3.8, 4) is 5.75 Å². The number of aromatic nitrogens is 1. The molecule has 0 saturated heterocycles. The zero-order valence-corrected chi connectivity index (χ0v) is 13.5. The maximum Gasteiger partial charge on any atom is 0.261 e. The summed E-state index contributed by atoms with van der Waals surface area (Å²) < 4.78 is 10.9. The van der Waals surface area contributed by atoms with Gasteiger partial charge in [-0.1, -0.05) is 30.3 Å². The van der Waals surface area contributed by atoms with Gasteiger partial charge in [0.2, 0.25) is 0 Å². The summed E-state index contributed by atoms with van der Waals surface area (Å²) in [4.78, 5) is 12.3. The van der Waals surface area contributed by atoms with Crippen LogP contribution in [0.25, 0.3) is 0 Å². The molecule has 1 N–H and O–H groups in total. The molecule has 0 bridgehead atoms. The van der Waals surface area contributed by atoms with Crippen LogP contribution in [0.3, 0.4) is 0 Å². The molecule has 5 nitrogen and oxygen atoms in total. The van der Waals surface area contributed by atoms with Crippen LogP contribution in [0.1, 0.15) is 35.9 Å². The number of rotatable bonds is 6. The predicted molar refractivity (Wildman–Crippen MR) is 83.7 cm³/mol. The smallest absolute Gasteiger partial charge is 0.261 e. The van der Waals surface area contributed by atoms with Crippen LogP contribution in [-0.4, -0.2) is 17.2 Å². The summed E-state index contributed by atoms with van der Waals surface area (Å²) >= 11 is 0. The van der Waals surface area contributed by atoms with Crippen LogP contribution in [0.4, 0.5) is 0 Å². The van der Waals surface area contributed by atoms with Gasteiger partial charge in [-0.2, -0.15) is 0 Å². The van der Waals surface area contributed by atoms with Crippen LogP contribution in [0.15, 0.2) is 28.8 Å². The first-order chi connectivity index (χ1) is 10.5. The summed E-state index contributed by atoms with van der Waals surface area (Å²) in [6.45, 7) is 7.98. The Hall–Kier alpha value is -2.30. The van der Waals surface area contributed by atoms with E-state index in [0.29, 0.717) is 13.0 Å². The Balaban J connectivity index is 1.99. The zero-order chi connectivity index (χ0) is 16.1. The van der Waals surface area contributed by atoms with Gasteiger partial charge in [-0.3, -0.25) is 4.79 Å². The number of ether oxygens (including phenoxy) is 1. The van der Waals surface area contributed by atoms with Gasteiger partial charge in [-0.25, -0.2) is 0 Å². The average Bonchev–Trinajstić information content (AvgIpc) is 2.83. The molecule has 1 amide bonds. The van der Waals surface area contributed by atoms with Gasteiger partial charge >= 0.3 is 0 Å². The number of hydrogen-bond donors (Lipinski definition) is 1. The maximum absolute atomic E-state index is 12.3. The van der Waals surface area contributed by atoms with E-state index in [2.05, 4.69) is 10.5 Å². The van der Waals surface area contributed by atoms with Gasteiger partial charge in [0, 0.05) is 12.1 Å². The molecule has 0 unspecified atom stereocenters. The summed E-state index contributed by atoms with van der Waals surface area (Å²) in [5.41, 5.74) is 2.73. The molecule has 0 radical (unpaired) electrons. The molecule has 0 aliphatic rings. The van der Waals surface area contributed by atoms with Crippen molar-refractivity contribution in [2.45, 2.75) is 46.8 Å². The molecule has 0 spiro atoms. The highest BCUT2D eigenvalue weighted by Crippen LogP contribution is 2.19. The van der Waals surface area contributed by atoms with Gasteiger partial charge in [-0.15, -0.1) is 0 Å². The third-order valence-corrected chi connectivity index (χ3v) is 3.65. The van der Waals surface area contributed by atoms with E-state index in [9.17, 15) is 4.79 Å². The maximum atomic E-state index is 12.3. The molecule has 2 aromatic rings. The number of benzene rings is 1. The van der Waals surface area contributed by atoms with Gasteiger partial charge in [-0.05, 0) is 38.8 Å². The van der Waals surface area contributed by atoms with Crippen LogP contribution >= 0.6 is 0 Å². The van der Waals surface area contributed by atoms with Crippen molar-refractivity contribution in [2.75, 3.05) is 0 Å². The van der Waals surface area contributed by atoms with E-state index in [0.717, 1.165) is 28.3 Å². The van der Waals surface area contributed by atoms with Gasteiger partial charge in [0.25, 0.3) is 5.91 Å². The van der Waals surface area contributed by atoms with Crippen LogP contribution in [0.2, 0.25) is 0 Å². The fourth-order valence-corrected chi connectivity index (χ4v) is 2.21. The number of amides is 1. The van der Waals surface area contributed by atoms with Crippen molar-refractivity contribution >= 4 is 5.91 Å². The number of hydrogen-bond acceptors (Lipinski definition) is 4. The monoisotopic (exact) mass is 302 g/mol. The molecule has 0 fully saturated rings. The van der Waals surface area contributed by atoms with E-state index < -0.39 is 6.10 Å². The minimum absolute atomic E-state index is 0.134. The lowest BCUT2D eigenvalue weighted by Gasteiger charge is -2.18. The first-order valence-electron chi connectivity index (χ1n) is 7.44. The minimum atomic E-state index is -0.512. The Kier molecular flexibility index (Phi) is 5.20. The second-order valence-corrected chi connectivity index (χ2v) is 5.30. The molecule has 1 heterocycles. The van der Waals surface area contributed by atoms with Crippen LogP contribution in [-0.2, 0) is 11.3 Å². The first kappa shape index (κ1) is 16.1. The number of nitrogens with zero attached hydrogens (tertiary/aromatic N) is 1. The molecular formula is C17H22N2O3. The van der Waals surface area contributed by atoms with Crippen molar-refractivity contribution < 1.29 is 14.1 Å². The standard InChI is InChI=1S/C17H22N2O3/c1-5-15(21-16-9-7-6-8-11(16)2)17(20)18-10-14-12(3)19-22-13(14)4/h6-9,15H,5,10H2,1-4H3,(H,18,20)/t15-/m1/s1. The second kappa shape index (κ2) is 7.11. The van der Waals surface area contributed by atoms with Crippen LogP contribution in [0.5, 0.6) is 5.75 Å². The van der Waals surface area contributed by atoms with E-state index in [1.165, 1.54) is 0 Å². The van der Waals surface area contributed by atoms with Crippen molar-refractivity contribution in [3.63, 3.8) is 0 Å². The summed E-state index contributed by atoms with van der Waals surface area (Å²) in [5.74, 6) is 1.33. The highest BCUT2D eigenvalue weighted by atomic mass is 16.5. The van der Waals surface area contributed by atoms with E-state index in [1.54, 1.807) is 0 Å². The van der Waals surface area contributed by atoms with Gasteiger partial charge in [0.05, 0.1) is 5.69 Å². The number of para-hydroxylation sites is 1. The molecule has 5 heteroatoms. The second-order valence-electron chi connectivity index (χ2n) is 5.30. The Morgan fingerprint density at radius 1 is 1.32 bits per heavy atom. The summed E-state index contributed by atoms with van der Waals surface area (Å²) in [7, 11) is 0. The van der Waals surface area contributed by atoms with E-state index >= 15 is 0 Å². The molecular weight excluding hydrogens is 280 g/mol. The topological polar surface area (TPSA) is 64.4 Å². The molecule has 1 aromatic carbocycles. The van der Waals surface area contributed by atoms with Crippen molar-refractivity contribution in [3.05, 3.63) is 46.8 Å². The van der Waals surface area contributed by atoms with Crippen LogP contribution < -0.4 is 10.1 Å². The lowest BCUT2D eigenvalue weighted by molar-refractivity contribution is -0.128.